The van der Waals surface area contributed by atoms with Gasteiger partial charge < -0.3 is 15.1 Å². The molecule has 0 aromatic carbocycles. The van der Waals surface area contributed by atoms with E-state index in [2.05, 4.69) is 31.7 Å². The minimum atomic E-state index is 0.0112. The third-order valence-corrected chi connectivity index (χ3v) is 3.40. The van der Waals surface area contributed by atoms with Crippen LogP contribution in [0.2, 0.25) is 0 Å². The maximum Gasteiger partial charge on any atom is 0.241 e. The Balaban J connectivity index is 1.49. The average Bonchev–Trinajstić information content (AvgIpc) is 2.94. The van der Waals surface area contributed by atoms with Gasteiger partial charge in [-0.15, -0.1) is 0 Å². The molecule has 0 saturated heterocycles. The first kappa shape index (κ1) is 13.2. The van der Waals surface area contributed by atoms with Crippen LogP contribution in [0, 0.1) is 0 Å². The Bertz CT molecular complexity index is 603. The van der Waals surface area contributed by atoms with Gasteiger partial charge >= 0.3 is 0 Å². The van der Waals surface area contributed by atoms with Crippen molar-refractivity contribution in [2.45, 2.75) is 32.0 Å². The van der Waals surface area contributed by atoms with Gasteiger partial charge in [0.25, 0.3) is 0 Å². The van der Waals surface area contributed by atoms with E-state index in [4.69, 9.17) is 4.42 Å². The van der Waals surface area contributed by atoms with Gasteiger partial charge in [0.1, 0.15) is 12.3 Å². The molecular weight excluding hydrogens is 324 g/mol. The molecule has 2 aromatic rings. The van der Waals surface area contributed by atoms with E-state index in [1.54, 1.807) is 10.9 Å². The summed E-state index contributed by atoms with van der Waals surface area (Å²) in [4.78, 5) is 11.6. The van der Waals surface area contributed by atoms with Gasteiger partial charge in [-0.1, -0.05) is 0 Å². The minimum Gasteiger partial charge on any atom is -0.452 e. The van der Waals surface area contributed by atoms with Crippen molar-refractivity contribution < 1.29 is 9.21 Å². The quantitative estimate of drug-likeness (QED) is 0.846. The second kappa shape index (κ2) is 5.70. The summed E-state index contributed by atoms with van der Waals surface area (Å²) in [5.41, 5.74) is 0.858. The number of nitrogens with zero attached hydrogens (tertiary/aromatic N) is 2. The van der Waals surface area contributed by atoms with E-state index in [0.29, 0.717) is 17.3 Å². The standard InChI is InChI=1S/C13H15BrN4O2/c14-12-4-3-11(20-12)6-15-10-5-16-18(7-10)8-13(19)17-9-1-2-9/h3-5,7,9,15H,1-2,6,8H2,(H,17,19). The molecule has 106 valence electrons. The van der Waals surface area contributed by atoms with Crippen LogP contribution < -0.4 is 10.6 Å². The number of aromatic nitrogens is 2. The Kier molecular flexibility index (Phi) is 3.77. The van der Waals surface area contributed by atoms with Gasteiger partial charge in [-0.2, -0.15) is 5.10 Å². The molecule has 7 heteroatoms. The number of anilines is 1. The van der Waals surface area contributed by atoms with Crippen LogP contribution in [0.1, 0.15) is 18.6 Å². The van der Waals surface area contributed by atoms with Gasteiger partial charge in [0, 0.05) is 12.2 Å². The van der Waals surface area contributed by atoms with Gasteiger partial charge in [-0.3, -0.25) is 9.48 Å². The predicted octanol–water partition coefficient (Wildman–Crippen LogP) is 2.13. The Morgan fingerprint density at radius 1 is 1.50 bits per heavy atom. The zero-order valence-corrected chi connectivity index (χ0v) is 12.4. The second-order valence-corrected chi connectivity index (χ2v) is 5.61. The van der Waals surface area contributed by atoms with Crippen LogP contribution >= 0.6 is 15.9 Å². The van der Waals surface area contributed by atoms with Gasteiger partial charge in [-0.25, -0.2) is 0 Å². The second-order valence-electron chi connectivity index (χ2n) is 4.83. The SMILES string of the molecule is O=C(Cn1cc(NCc2ccc(Br)o2)cn1)NC1CC1. The fourth-order valence-corrected chi connectivity index (χ4v) is 2.17. The lowest BCUT2D eigenvalue weighted by molar-refractivity contribution is -0.122. The summed E-state index contributed by atoms with van der Waals surface area (Å²) in [5, 5.41) is 10.3. The van der Waals surface area contributed by atoms with Crippen molar-refractivity contribution in [3.8, 4) is 0 Å². The molecule has 2 heterocycles. The lowest BCUT2D eigenvalue weighted by Crippen LogP contribution is -2.29. The molecule has 0 bridgehead atoms. The van der Waals surface area contributed by atoms with E-state index in [-0.39, 0.29) is 12.5 Å². The Morgan fingerprint density at radius 3 is 3.05 bits per heavy atom. The molecular formula is C13H15BrN4O2. The number of hydrogen-bond acceptors (Lipinski definition) is 4. The first-order valence-electron chi connectivity index (χ1n) is 6.49. The highest BCUT2D eigenvalue weighted by Crippen LogP contribution is 2.18. The van der Waals surface area contributed by atoms with E-state index in [0.717, 1.165) is 24.3 Å². The van der Waals surface area contributed by atoms with Crippen molar-refractivity contribution in [3.05, 3.63) is 35.0 Å². The largest absolute Gasteiger partial charge is 0.452 e. The van der Waals surface area contributed by atoms with Crippen LogP contribution in [-0.2, 0) is 17.9 Å². The molecule has 1 aliphatic carbocycles. The van der Waals surface area contributed by atoms with Crippen molar-refractivity contribution in [3.63, 3.8) is 0 Å². The highest BCUT2D eigenvalue weighted by Gasteiger charge is 2.23. The van der Waals surface area contributed by atoms with Gasteiger partial charge in [0.05, 0.1) is 18.4 Å². The molecule has 0 radical (unpaired) electrons. The highest BCUT2D eigenvalue weighted by atomic mass is 79.9. The normalized spacial score (nSPS) is 14.2. The summed E-state index contributed by atoms with van der Waals surface area (Å²) in [5.74, 6) is 0.841. The zero-order chi connectivity index (χ0) is 13.9. The minimum absolute atomic E-state index is 0.0112. The molecule has 3 rings (SSSR count). The number of nitrogens with one attached hydrogen (secondary N) is 2. The third-order valence-electron chi connectivity index (χ3n) is 2.98. The number of rotatable bonds is 6. The summed E-state index contributed by atoms with van der Waals surface area (Å²) in [6, 6.07) is 4.13. The Labute approximate surface area is 124 Å². The molecule has 0 atom stereocenters. The van der Waals surface area contributed by atoms with E-state index < -0.39 is 0 Å². The smallest absolute Gasteiger partial charge is 0.241 e. The first-order valence-corrected chi connectivity index (χ1v) is 7.28. The Hall–Kier alpha value is -1.76. The van der Waals surface area contributed by atoms with Crippen LogP contribution in [0.25, 0.3) is 0 Å². The topological polar surface area (TPSA) is 72.1 Å². The van der Waals surface area contributed by atoms with Crippen LogP contribution in [0.15, 0.2) is 33.6 Å². The predicted molar refractivity (Wildman–Crippen MR) is 77.1 cm³/mol. The number of amides is 1. The van der Waals surface area contributed by atoms with Crippen molar-refractivity contribution in [1.82, 2.24) is 15.1 Å². The zero-order valence-electron chi connectivity index (χ0n) is 10.8. The Morgan fingerprint density at radius 2 is 2.35 bits per heavy atom. The molecule has 6 nitrogen and oxygen atoms in total. The van der Waals surface area contributed by atoms with Gasteiger partial charge in [-0.05, 0) is 40.9 Å². The lowest BCUT2D eigenvalue weighted by atomic mass is 10.4. The molecule has 1 saturated carbocycles. The van der Waals surface area contributed by atoms with Crippen molar-refractivity contribution in [2.75, 3.05) is 5.32 Å². The number of carbonyl (C=O) groups excluding carboxylic acids is 1. The van der Waals surface area contributed by atoms with E-state index >= 15 is 0 Å². The number of carbonyl (C=O) groups is 1. The fourth-order valence-electron chi connectivity index (χ4n) is 1.83. The van der Waals surface area contributed by atoms with Gasteiger partial charge in [0.2, 0.25) is 5.91 Å². The first-order chi connectivity index (χ1) is 9.69. The van der Waals surface area contributed by atoms with E-state index in [1.807, 2.05) is 18.3 Å². The van der Waals surface area contributed by atoms with Crippen molar-refractivity contribution in [2.24, 2.45) is 0 Å². The molecule has 0 unspecified atom stereocenters. The number of furan rings is 1. The molecule has 20 heavy (non-hydrogen) atoms. The summed E-state index contributed by atoms with van der Waals surface area (Å²) >= 11 is 3.26. The lowest BCUT2D eigenvalue weighted by Gasteiger charge is -2.03. The molecule has 2 N–H and O–H groups in total. The number of halogens is 1. The van der Waals surface area contributed by atoms with E-state index in [9.17, 15) is 4.79 Å². The molecule has 0 spiro atoms. The molecule has 2 aromatic heterocycles. The molecule has 1 fully saturated rings. The average molecular weight is 339 g/mol. The maximum absolute atomic E-state index is 11.6. The third kappa shape index (κ3) is 3.63. The van der Waals surface area contributed by atoms with Crippen LogP contribution in [0.3, 0.4) is 0 Å². The van der Waals surface area contributed by atoms with E-state index in [1.165, 1.54) is 0 Å². The van der Waals surface area contributed by atoms with Crippen LogP contribution in [0.4, 0.5) is 5.69 Å². The molecule has 1 aliphatic rings. The molecule has 1 amide bonds. The van der Waals surface area contributed by atoms with Gasteiger partial charge in [0.15, 0.2) is 4.67 Å². The van der Waals surface area contributed by atoms with Crippen molar-refractivity contribution >= 4 is 27.5 Å². The number of hydrogen-bond donors (Lipinski definition) is 2. The summed E-state index contributed by atoms with van der Waals surface area (Å²) in [6.45, 7) is 0.829. The summed E-state index contributed by atoms with van der Waals surface area (Å²) < 4.78 is 7.72. The monoisotopic (exact) mass is 338 g/mol. The van der Waals surface area contributed by atoms with Crippen molar-refractivity contribution in [1.29, 1.82) is 0 Å². The van der Waals surface area contributed by atoms with Crippen LogP contribution in [0.5, 0.6) is 0 Å². The highest BCUT2D eigenvalue weighted by molar-refractivity contribution is 9.10. The summed E-state index contributed by atoms with van der Waals surface area (Å²) in [7, 11) is 0. The molecule has 0 aliphatic heterocycles. The fraction of sp³-hybridized carbons (Fsp3) is 0.385. The van der Waals surface area contributed by atoms with Crippen LogP contribution in [-0.4, -0.2) is 21.7 Å². The summed E-state index contributed by atoms with van der Waals surface area (Å²) in [6.07, 6.45) is 5.69. The maximum atomic E-state index is 11.6.